The molecule has 2 aromatic carbocycles. The van der Waals surface area contributed by atoms with E-state index < -0.39 is 0 Å². The van der Waals surface area contributed by atoms with Gasteiger partial charge in [-0.25, -0.2) is 0 Å². The molecule has 148 valence electrons. The first-order chi connectivity index (χ1) is 13.5. The number of hydrogen-bond donors (Lipinski definition) is 3. The molecule has 0 amide bonds. The lowest BCUT2D eigenvalue weighted by molar-refractivity contribution is -0.119. The molecule has 28 heavy (non-hydrogen) atoms. The molecular formula is C21H23Br2N3O2. The summed E-state index contributed by atoms with van der Waals surface area (Å²) < 4.78 is 2.15. The summed E-state index contributed by atoms with van der Waals surface area (Å²) in [7, 11) is 0. The number of aliphatic hydroxyl groups excluding tert-OH is 1. The molecule has 0 aliphatic carbocycles. The smallest absolute Gasteiger partial charge is 0.159 e. The topological polar surface area (TPSA) is 64.6 Å². The van der Waals surface area contributed by atoms with Crippen LogP contribution in [-0.2, 0) is 11.2 Å². The van der Waals surface area contributed by atoms with E-state index in [4.69, 9.17) is 5.11 Å². The maximum absolute atomic E-state index is 11.6. The predicted octanol–water partition coefficient (Wildman–Crippen LogP) is 4.19. The number of halogens is 2. The number of hydrogen-bond acceptors (Lipinski definition) is 5. The summed E-state index contributed by atoms with van der Waals surface area (Å²) in [4.78, 5) is 14.1. The van der Waals surface area contributed by atoms with Crippen molar-refractivity contribution in [1.82, 2.24) is 0 Å². The van der Waals surface area contributed by atoms with Gasteiger partial charge in [-0.15, -0.1) is 0 Å². The molecule has 0 radical (unpaired) electrons. The standard InChI is InChI=1S/C11H12BrNO2.C10H11BrN2/c12-8-2-1-7-5-11(15)9(3-4-14)13-10(7)6-8;11-7-1-2-10-9(5-7)12-8-3-4-13(10)6-8/h1-2,6,9,13-14H,3-5H2;1-2,5,8,12H,3-4,6H2/t9-;8-/m00/s1. The number of Topliss-reactive ketones (excluding diaryl/α,β-unsaturated/α-hetero) is 1. The molecule has 5 nitrogen and oxygen atoms in total. The Labute approximate surface area is 181 Å². The summed E-state index contributed by atoms with van der Waals surface area (Å²) in [6.45, 7) is 2.41. The number of ketones is 1. The first-order valence-corrected chi connectivity index (χ1v) is 11.1. The minimum Gasteiger partial charge on any atom is -0.396 e. The van der Waals surface area contributed by atoms with Crippen molar-refractivity contribution in [3.63, 3.8) is 0 Å². The predicted molar refractivity (Wildman–Crippen MR) is 120 cm³/mol. The van der Waals surface area contributed by atoms with Crippen LogP contribution in [0, 0.1) is 0 Å². The number of carbonyl (C=O) groups excluding carboxylic acids is 1. The van der Waals surface area contributed by atoms with Crippen LogP contribution >= 0.6 is 31.9 Å². The van der Waals surface area contributed by atoms with Crippen molar-refractivity contribution in [3.8, 4) is 0 Å². The zero-order valence-corrected chi connectivity index (χ0v) is 18.6. The van der Waals surface area contributed by atoms with Gasteiger partial charge in [-0.3, -0.25) is 4.79 Å². The molecule has 3 aliphatic heterocycles. The minimum absolute atomic E-state index is 0.0345. The fraction of sp³-hybridized carbons (Fsp3) is 0.381. The molecular weight excluding hydrogens is 486 g/mol. The highest BCUT2D eigenvalue weighted by Gasteiger charge is 2.29. The van der Waals surface area contributed by atoms with Gasteiger partial charge in [-0.2, -0.15) is 0 Å². The van der Waals surface area contributed by atoms with Crippen molar-refractivity contribution in [1.29, 1.82) is 0 Å². The Hall–Kier alpha value is -1.57. The lowest BCUT2D eigenvalue weighted by Gasteiger charge is -2.28. The molecule has 7 heteroatoms. The number of benzene rings is 2. The molecule has 0 saturated carbocycles. The Bertz CT molecular complexity index is 890. The SMILES string of the molecule is Brc1ccc2c(c1)N[C@H]1CCN2C1.O=C1Cc2ccc(Br)cc2N[C@H]1CCO. The summed E-state index contributed by atoms with van der Waals surface area (Å²) in [5.41, 5.74) is 4.65. The van der Waals surface area contributed by atoms with Crippen LogP contribution in [0.5, 0.6) is 0 Å². The van der Waals surface area contributed by atoms with E-state index in [0.29, 0.717) is 18.9 Å². The second-order valence-corrected chi connectivity index (χ2v) is 9.22. The van der Waals surface area contributed by atoms with E-state index in [1.54, 1.807) is 0 Å². The van der Waals surface area contributed by atoms with E-state index in [2.05, 4.69) is 65.6 Å². The number of nitrogens with zero attached hydrogens (tertiary/aromatic N) is 1. The van der Waals surface area contributed by atoms with Gasteiger partial charge >= 0.3 is 0 Å². The zero-order valence-electron chi connectivity index (χ0n) is 15.4. The minimum atomic E-state index is -0.239. The second kappa shape index (κ2) is 8.43. The van der Waals surface area contributed by atoms with E-state index in [1.165, 1.54) is 30.9 Å². The average molecular weight is 509 g/mol. The van der Waals surface area contributed by atoms with Gasteiger partial charge in [0, 0.05) is 46.8 Å². The van der Waals surface area contributed by atoms with E-state index in [0.717, 1.165) is 20.2 Å². The van der Waals surface area contributed by atoms with Gasteiger partial charge in [0.05, 0.1) is 17.4 Å². The summed E-state index contributed by atoms with van der Waals surface area (Å²) in [5.74, 6) is 0.152. The van der Waals surface area contributed by atoms with Crippen LogP contribution in [0.15, 0.2) is 45.3 Å². The highest BCUT2D eigenvalue weighted by atomic mass is 79.9. The molecule has 0 aromatic heterocycles. The van der Waals surface area contributed by atoms with Crippen molar-refractivity contribution in [2.45, 2.75) is 31.3 Å². The van der Waals surface area contributed by atoms with Gasteiger partial charge in [0.2, 0.25) is 0 Å². The van der Waals surface area contributed by atoms with E-state index in [1.807, 2.05) is 18.2 Å². The Kier molecular flexibility index (Phi) is 5.94. The van der Waals surface area contributed by atoms with Gasteiger partial charge < -0.3 is 20.6 Å². The lowest BCUT2D eigenvalue weighted by Crippen LogP contribution is -2.36. The van der Waals surface area contributed by atoms with Crippen molar-refractivity contribution in [2.75, 3.05) is 35.2 Å². The average Bonchev–Trinajstić information content (AvgIpc) is 3.05. The van der Waals surface area contributed by atoms with Gasteiger partial charge in [-0.05, 0) is 48.7 Å². The third-order valence-electron chi connectivity index (χ3n) is 5.42. The van der Waals surface area contributed by atoms with Crippen LogP contribution in [0.2, 0.25) is 0 Å². The van der Waals surface area contributed by atoms with Crippen molar-refractivity contribution < 1.29 is 9.90 Å². The fourth-order valence-corrected chi connectivity index (χ4v) is 4.72. The van der Waals surface area contributed by atoms with Crippen molar-refractivity contribution in [2.24, 2.45) is 0 Å². The summed E-state index contributed by atoms with van der Waals surface area (Å²) >= 11 is 6.88. The molecule has 0 spiro atoms. The van der Waals surface area contributed by atoms with Gasteiger partial charge in [0.25, 0.3) is 0 Å². The molecule has 3 heterocycles. The molecule has 3 aliphatic rings. The number of nitrogens with one attached hydrogen (secondary N) is 2. The van der Waals surface area contributed by atoms with Crippen LogP contribution < -0.4 is 15.5 Å². The Morgan fingerprint density at radius 2 is 1.82 bits per heavy atom. The van der Waals surface area contributed by atoms with Crippen LogP contribution in [0.25, 0.3) is 0 Å². The molecule has 2 atom stereocenters. The molecule has 5 rings (SSSR count). The van der Waals surface area contributed by atoms with Gasteiger partial charge in [0.15, 0.2) is 5.78 Å². The Morgan fingerprint density at radius 3 is 2.61 bits per heavy atom. The third-order valence-corrected chi connectivity index (χ3v) is 6.41. The molecule has 2 bridgehead atoms. The number of anilines is 3. The molecule has 3 N–H and O–H groups in total. The van der Waals surface area contributed by atoms with E-state index in [9.17, 15) is 4.79 Å². The number of rotatable bonds is 2. The van der Waals surface area contributed by atoms with Crippen LogP contribution in [0.1, 0.15) is 18.4 Å². The maximum Gasteiger partial charge on any atom is 0.159 e. The summed E-state index contributed by atoms with van der Waals surface area (Å²) in [5, 5.41) is 15.5. The van der Waals surface area contributed by atoms with Crippen molar-refractivity contribution >= 4 is 54.7 Å². The fourth-order valence-electron chi connectivity index (χ4n) is 3.99. The monoisotopic (exact) mass is 507 g/mol. The van der Waals surface area contributed by atoms with Crippen molar-refractivity contribution in [3.05, 3.63) is 50.9 Å². The van der Waals surface area contributed by atoms with Gasteiger partial charge in [-0.1, -0.05) is 37.9 Å². The van der Waals surface area contributed by atoms with Crippen LogP contribution in [0.4, 0.5) is 17.1 Å². The number of carbonyl (C=O) groups is 1. The summed E-state index contributed by atoms with van der Waals surface area (Å²) in [6.07, 6.45) is 2.21. The molecule has 0 unspecified atom stereocenters. The maximum atomic E-state index is 11.6. The third kappa shape index (κ3) is 4.21. The Morgan fingerprint density at radius 1 is 1.07 bits per heavy atom. The number of aliphatic hydroxyl groups is 1. The zero-order chi connectivity index (χ0) is 19.7. The van der Waals surface area contributed by atoms with Gasteiger partial charge in [0.1, 0.15) is 0 Å². The Balaban J connectivity index is 0.000000138. The number of fused-ring (bicyclic) bond motifs is 5. The highest BCUT2D eigenvalue weighted by molar-refractivity contribution is 9.10. The molecule has 1 fully saturated rings. The first kappa shape index (κ1) is 19.7. The highest BCUT2D eigenvalue weighted by Crippen LogP contribution is 2.36. The quantitative estimate of drug-likeness (QED) is 0.567. The second-order valence-electron chi connectivity index (χ2n) is 7.39. The summed E-state index contributed by atoms with van der Waals surface area (Å²) in [6, 6.07) is 12.7. The van der Waals surface area contributed by atoms with Crippen LogP contribution in [0.3, 0.4) is 0 Å². The molecule has 2 aromatic rings. The largest absolute Gasteiger partial charge is 0.396 e. The normalized spacial score (nSPS) is 21.7. The van der Waals surface area contributed by atoms with Crippen LogP contribution in [-0.4, -0.2) is 42.7 Å². The van der Waals surface area contributed by atoms with E-state index in [-0.39, 0.29) is 18.4 Å². The molecule has 1 saturated heterocycles. The lowest BCUT2D eigenvalue weighted by atomic mass is 9.95. The van der Waals surface area contributed by atoms with E-state index >= 15 is 0 Å². The first-order valence-electron chi connectivity index (χ1n) is 9.53.